The smallest absolute Gasteiger partial charge is 0.337 e. The first kappa shape index (κ1) is 20.3. The van der Waals surface area contributed by atoms with Crippen LogP contribution in [-0.2, 0) is 23.8 Å². The van der Waals surface area contributed by atoms with Gasteiger partial charge in [-0.1, -0.05) is 0 Å². The lowest BCUT2D eigenvalue weighted by atomic mass is 10.2. The van der Waals surface area contributed by atoms with Crippen molar-refractivity contribution >= 4 is 23.6 Å². The molecule has 25 heavy (non-hydrogen) atoms. The van der Waals surface area contributed by atoms with E-state index in [0.717, 1.165) is 0 Å². The van der Waals surface area contributed by atoms with Gasteiger partial charge in [0.1, 0.15) is 12.6 Å². The molecule has 8 nitrogen and oxygen atoms in total. The van der Waals surface area contributed by atoms with Gasteiger partial charge in [-0.3, -0.25) is 9.59 Å². The van der Waals surface area contributed by atoms with E-state index in [1.54, 1.807) is 31.2 Å². The molecular formula is C17H22N2O6. The van der Waals surface area contributed by atoms with Crippen LogP contribution in [0.5, 0.6) is 0 Å². The fraction of sp³-hybridized carbons (Fsp3) is 0.471. The Morgan fingerprint density at radius 2 is 1.80 bits per heavy atom. The van der Waals surface area contributed by atoms with Crippen molar-refractivity contribution in [2.75, 3.05) is 20.3 Å². The first-order valence-electron chi connectivity index (χ1n) is 7.84. The van der Waals surface area contributed by atoms with Crippen molar-refractivity contribution < 1.29 is 28.6 Å². The summed E-state index contributed by atoms with van der Waals surface area (Å²) in [5.41, 5.74) is 0.928. The SMILES string of the molecule is CCOC(=O)CCC(COC(C)=O)N=Nc1ccc(C(=O)OC)cc1. The van der Waals surface area contributed by atoms with Crippen LogP contribution in [0, 0.1) is 0 Å². The zero-order valence-electron chi connectivity index (χ0n) is 14.6. The molecule has 136 valence electrons. The molecule has 0 amide bonds. The molecular weight excluding hydrogens is 328 g/mol. The number of azo groups is 1. The second-order valence-electron chi connectivity index (χ2n) is 5.05. The van der Waals surface area contributed by atoms with Crippen molar-refractivity contribution in [3.8, 4) is 0 Å². The minimum atomic E-state index is -0.464. The third-order valence-electron chi connectivity index (χ3n) is 3.09. The van der Waals surface area contributed by atoms with E-state index < -0.39 is 18.0 Å². The van der Waals surface area contributed by atoms with Crippen LogP contribution in [0.1, 0.15) is 37.0 Å². The number of nitrogens with zero attached hydrogens (tertiary/aromatic N) is 2. The molecule has 1 unspecified atom stereocenters. The second-order valence-corrected chi connectivity index (χ2v) is 5.05. The first-order valence-corrected chi connectivity index (χ1v) is 7.84. The Morgan fingerprint density at radius 1 is 1.12 bits per heavy atom. The lowest BCUT2D eigenvalue weighted by molar-refractivity contribution is -0.143. The minimum absolute atomic E-state index is 0.0263. The third kappa shape index (κ3) is 8.05. The van der Waals surface area contributed by atoms with Gasteiger partial charge in [0.2, 0.25) is 0 Å². The predicted molar refractivity (Wildman–Crippen MR) is 88.6 cm³/mol. The van der Waals surface area contributed by atoms with E-state index in [1.807, 2.05) is 0 Å². The summed E-state index contributed by atoms with van der Waals surface area (Å²) in [5.74, 6) is -1.21. The predicted octanol–water partition coefficient (Wildman–Crippen LogP) is 2.83. The molecule has 1 rings (SSSR count). The number of carbonyl (C=O) groups is 3. The molecule has 0 radical (unpaired) electrons. The van der Waals surface area contributed by atoms with E-state index >= 15 is 0 Å². The van der Waals surface area contributed by atoms with Crippen molar-refractivity contribution in [1.82, 2.24) is 0 Å². The summed E-state index contributed by atoms with van der Waals surface area (Å²) in [7, 11) is 1.30. The van der Waals surface area contributed by atoms with Gasteiger partial charge in [0.05, 0.1) is 25.0 Å². The maximum Gasteiger partial charge on any atom is 0.337 e. The normalized spacial score (nSPS) is 11.8. The molecule has 1 atom stereocenters. The lowest BCUT2D eigenvalue weighted by Crippen LogP contribution is -2.17. The standard InChI is InChI=1S/C17H22N2O6/c1-4-24-16(21)10-9-15(11-25-12(2)20)19-18-14-7-5-13(6-8-14)17(22)23-3/h5-8,15H,4,9-11H2,1-3H3. The van der Waals surface area contributed by atoms with Crippen molar-refractivity contribution in [2.45, 2.75) is 32.7 Å². The van der Waals surface area contributed by atoms with Gasteiger partial charge < -0.3 is 14.2 Å². The van der Waals surface area contributed by atoms with Gasteiger partial charge >= 0.3 is 17.9 Å². The van der Waals surface area contributed by atoms with E-state index in [0.29, 0.717) is 24.3 Å². The topological polar surface area (TPSA) is 104 Å². The molecule has 0 N–H and O–H groups in total. The second kappa shape index (κ2) is 10.9. The molecule has 0 aromatic heterocycles. The number of hydrogen-bond donors (Lipinski definition) is 0. The number of esters is 3. The Bertz CT molecular complexity index is 612. The molecule has 1 aromatic carbocycles. The molecule has 0 bridgehead atoms. The zero-order valence-corrected chi connectivity index (χ0v) is 14.6. The molecule has 0 aliphatic carbocycles. The number of hydrogen-bond acceptors (Lipinski definition) is 8. The maximum absolute atomic E-state index is 11.4. The van der Waals surface area contributed by atoms with Crippen LogP contribution >= 0.6 is 0 Å². The van der Waals surface area contributed by atoms with Gasteiger partial charge in [0, 0.05) is 13.3 Å². The number of carbonyl (C=O) groups excluding carboxylic acids is 3. The fourth-order valence-electron chi connectivity index (χ4n) is 1.84. The summed E-state index contributed by atoms with van der Waals surface area (Å²) in [6.07, 6.45) is 0.496. The van der Waals surface area contributed by atoms with Crippen LogP contribution in [0.2, 0.25) is 0 Å². The lowest BCUT2D eigenvalue weighted by Gasteiger charge is -2.10. The van der Waals surface area contributed by atoms with Gasteiger partial charge in [-0.05, 0) is 37.6 Å². The van der Waals surface area contributed by atoms with E-state index in [1.165, 1.54) is 14.0 Å². The Balaban J connectivity index is 2.70. The highest BCUT2D eigenvalue weighted by Crippen LogP contribution is 2.16. The van der Waals surface area contributed by atoms with Crippen LogP contribution < -0.4 is 0 Å². The van der Waals surface area contributed by atoms with E-state index in [4.69, 9.17) is 9.47 Å². The summed E-state index contributed by atoms with van der Waals surface area (Å²) in [4.78, 5) is 33.8. The molecule has 0 heterocycles. The molecule has 0 spiro atoms. The quantitative estimate of drug-likeness (QED) is 0.385. The molecule has 0 aliphatic heterocycles. The summed E-state index contributed by atoms with van der Waals surface area (Å²) in [6.45, 7) is 3.36. The number of benzene rings is 1. The summed E-state index contributed by atoms with van der Waals surface area (Å²) in [6, 6.07) is 5.90. The highest BCUT2D eigenvalue weighted by atomic mass is 16.5. The Kier molecular flexibility index (Phi) is 8.84. The van der Waals surface area contributed by atoms with Gasteiger partial charge in [-0.15, -0.1) is 0 Å². The van der Waals surface area contributed by atoms with Gasteiger partial charge in [-0.2, -0.15) is 10.2 Å². The number of rotatable bonds is 9. The zero-order chi connectivity index (χ0) is 18.7. The first-order chi connectivity index (χ1) is 12.0. The molecule has 8 heteroatoms. The monoisotopic (exact) mass is 350 g/mol. The number of methoxy groups -OCH3 is 1. The van der Waals surface area contributed by atoms with Gasteiger partial charge in [0.25, 0.3) is 0 Å². The van der Waals surface area contributed by atoms with Crippen LogP contribution in [0.15, 0.2) is 34.5 Å². The van der Waals surface area contributed by atoms with Crippen LogP contribution in [-0.4, -0.2) is 44.3 Å². The van der Waals surface area contributed by atoms with Crippen molar-refractivity contribution in [3.63, 3.8) is 0 Å². The largest absolute Gasteiger partial charge is 0.466 e. The van der Waals surface area contributed by atoms with Gasteiger partial charge in [0.15, 0.2) is 0 Å². The van der Waals surface area contributed by atoms with E-state index in [-0.39, 0.29) is 19.0 Å². The molecule has 1 aromatic rings. The van der Waals surface area contributed by atoms with Gasteiger partial charge in [-0.25, -0.2) is 4.79 Å². The minimum Gasteiger partial charge on any atom is -0.466 e. The molecule has 0 saturated carbocycles. The average Bonchev–Trinajstić information content (AvgIpc) is 2.60. The summed E-state index contributed by atoms with van der Waals surface area (Å²) in [5, 5.41) is 8.18. The maximum atomic E-state index is 11.4. The van der Waals surface area contributed by atoms with E-state index in [9.17, 15) is 14.4 Å². The fourth-order valence-corrected chi connectivity index (χ4v) is 1.84. The Morgan fingerprint density at radius 3 is 2.36 bits per heavy atom. The molecule has 0 saturated heterocycles. The van der Waals surface area contributed by atoms with Crippen LogP contribution in [0.3, 0.4) is 0 Å². The highest BCUT2D eigenvalue weighted by Gasteiger charge is 2.13. The Labute approximate surface area is 146 Å². The van der Waals surface area contributed by atoms with Crippen molar-refractivity contribution in [1.29, 1.82) is 0 Å². The average molecular weight is 350 g/mol. The highest BCUT2D eigenvalue weighted by molar-refractivity contribution is 5.89. The van der Waals surface area contributed by atoms with Crippen LogP contribution in [0.25, 0.3) is 0 Å². The summed E-state index contributed by atoms with van der Waals surface area (Å²) >= 11 is 0. The third-order valence-corrected chi connectivity index (χ3v) is 3.09. The molecule has 0 fully saturated rings. The van der Waals surface area contributed by atoms with Crippen molar-refractivity contribution in [2.24, 2.45) is 10.2 Å². The van der Waals surface area contributed by atoms with Crippen molar-refractivity contribution in [3.05, 3.63) is 29.8 Å². The van der Waals surface area contributed by atoms with E-state index in [2.05, 4.69) is 15.0 Å². The molecule has 0 aliphatic rings. The Hall–Kier alpha value is -2.77. The number of ether oxygens (including phenoxy) is 3. The van der Waals surface area contributed by atoms with Crippen LogP contribution in [0.4, 0.5) is 5.69 Å². The summed E-state index contributed by atoms with van der Waals surface area (Å²) < 4.78 is 14.4.